The Labute approximate surface area is 130 Å². The lowest BCUT2D eigenvalue weighted by molar-refractivity contribution is 0.0526. The van der Waals surface area contributed by atoms with Crippen molar-refractivity contribution in [3.8, 4) is 0 Å². The number of hydrogen-bond acceptors (Lipinski definition) is 5. The molecule has 0 spiro atoms. The topological polar surface area (TPSA) is 62.5 Å². The Morgan fingerprint density at radius 1 is 1.29 bits per heavy atom. The van der Waals surface area contributed by atoms with Gasteiger partial charge in [-0.25, -0.2) is 4.98 Å². The third kappa shape index (κ3) is 2.86. The van der Waals surface area contributed by atoms with Gasteiger partial charge in [-0.05, 0) is 24.7 Å². The van der Waals surface area contributed by atoms with Crippen molar-refractivity contribution in [3.05, 3.63) is 4.88 Å². The number of nitrogen functional groups attached to an aromatic ring is 1. The number of hydrogen-bond donors (Lipinski definition) is 1. The molecule has 0 bridgehead atoms. The summed E-state index contributed by atoms with van der Waals surface area (Å²) in [6.07, 6.45) is 6.45. The number of thiazole rings is 1. The van der Waals surface area contributed by atoms with Crippen molar-refractivity contribution in [1.82, 2.24) is 9.88 Å². The van der Waals surface area contributed by atoms with Gasteiger partial charge in [0.05, 0.1) is 0 Å². The first-order valence-electron chi connectivity index (χ1n) is 7.79. The van der Waals surface area contributed by atoms with E-state index in [4.69, 9.17) is 5.73 Å². The van der Waals surface area contributed by atoms with Crippen molar-refractivity contribution >= 4 is 28.2 Å². The molecule has 116 valence electrons. The van der Waals surface area contributed by atoms with E-state index < -0.39 is 0 Å². The molecule has 1 amide bonds. The lowest BCUT2D eigenvalue weighted by atomic mass is 9.75. The molecule has 1 aliphatic heterocycles. The summed E-state index contributed by atoms with van der Waals surface area (Å²) in [6.45, 7) is 1.77. The first kappa shape index (κ1) is 14.6. The van der Waals surface area contributed by atoms with Crippen LogP contribution in [0.4, 0.5) is 10.9 Å². The van der Waals surface area contributed by atoms with Gasteiger partial charge in [-0.3, -0.25) is 4.79 Å². The number of carbonyl (C=O) groups is 1. The predicted octanol–water partition coefficient (Wildman–Crippen LogP) is 2.44. The molecule has 6 heteroatoms. The van der Waals surface area contributed by atoms with Crippen LogP contribution in [0.3, 0.4) is 0 Å². The standard InChI is InChI=1S/C15H24N4OS/c1-18(2)15-17-13(16)12(21-15)14(20)19-8-7-10-5-3-4-6-11(10)9-19/h10-11H,3-9,16H2,1-2H3. The molecule has 5 nitrogen and oxygen atoms in total. The number of fused-ring (bicyclic) bond motifs is 1. The molecule has 2 unspecified atom stereocenters. The van der Waals surface area contributed by atoms with Gasteiger partial charge in [0, 0.05) is 27.2 Å². The van der Waals surface area contributed by atoms with Crippen LogP contribution in [0.1, 0.15) is 41.8 Å². The van der Waals surface area contributed by atoms with Crippen molar-refractivity contribution in [2.75, 3.05) is 37.8 Å². The average Bonchev–Trinajstić information content (AvgIpc) is 2.88. The maximum absolute atomic E-state index is 12.7. The Morgan fingerprint density at radius 2 is 2.00 bits per heavy atom. The molecule has 1 aromatic heterocycles. The van der Waals surface area contributed by atoms with Crippen LogP contribution in [0, 0.1) is 11.8 Å². The molecule has 21 heavy (non-hydrogen) atoms. The molecule has 1 saturated heterocycles. The van der Waals surface area contributed by atoms with Crippen LogP contribution in [0.25, 0.3) is 0 Å². The van der Waals surface area contributed by atoms with Crippen molar-refractivity contribution in [2.24, 2.45) is 11.8 Å². The van der Waals surface area contributed by atoms with E-state index in [9.17, 15) is 4.79 Å². The van der Waals surface area contributed by atoms with Gasteiger partial charge in [0.15, 0.2) is 5.13 Å². The molecule has 1 saturated carbocycles. The van der Waals surface area contributed by atoms with E-state index in [1.54, 1.807) is 0 Å². The van der Waals surface area contributed by atoms with Gasteiger partial charge in [-0.2, -0.15) is 0 Å². The van der Waals surface area contributed by atoms with Gasteiger partial charge in [-0.15, -0.1) is 0 Å². The molecule has 0 radical (unpaired) electrons. The minimum atomic E-state index is 0.0714. The lowest BCUT2D eigenvalue weighted by Crippen LogP contribution is -2.44. The summed E-state index contributed by atoms with van der Waals surface area (Å²) in [5.74, 6) is 1.97. The highest BCUT2D eigenvalue weighted by molar-refractivity contribution is 7.18. The van der Waals surface area contributed by atoms with E-state index in [0.29, 0.717) is 16.6 Å². The summed E-state index contributed by atoms with van der Waals surface area (Å²) in [4.78, 5) is 21.5. The highest BCUT2D eigenvalue weighted by Crippen LogP contribution is 2.37. The predicted molar refractivity (Wildman–Crippen MR) is 86.8 cm³/mol. The summed E-state index contributed by atoms with van der Waals surface area (Å²) < 4.78 is 0. The van der Waals surface area contributed by atoms with Crippen LogP contribution in [0.5, 0.6) is 0 Å². The molecule has 1 aliphatic carbocycles. The average molecular weight is 308 g/mol. The fourth-order valence-corrected chi connectivity index (χ4v) is 4.47. The first-order valence-corrected chi connectivity index (χ1v) is 8.61. The summed E-state index contributed by atoms with van der Waals surface area (Å²) >= 11 is 1.40. The van der Waals surface area contributed by atoms with Crippen molar-refractivity contribution in [2.45, 2.75) is 32.1 Å². The maximum atomic E-state index is 12.7. The first-order chi connectivity index (χ1) is 10.1. The number of carbonyl (C=O) groups excluding carboxylic acids is 1. The van der Waals surface area contributed by atoms with E-state index in [0.717, 1.165) is 30.6 Å². The molecule has 2 fully saturated rings. The number of rotatable bonds is 2. The molecule has 2 N–H and O–H groups in total. The fourth-order valence-electron chi connectivity index (χ4n) is 3.59. The second kappa shape index (κ2) is 5.83. The van der Waals surface area contributed by atoms with Crippen LogP contribution >= 0.6 is 11.3 Å². The molecule has 0 aromatic carbocycles. The Kier molecular flexibility index (Phi) is 4.06. The van der Waals surface area contributed by atoms with Gasteiger partial charge < -0.3 is 15.5 Å². The lowest BCUT2D eigenvalue weighted by Gasteiger charge is -2.41. The van der Waals surface area contributed by atoms with Gasteiger partial charge in [0.2, 0.25) is 0 Å². The Bertz CT molecular complexity index is 528. The number of anilines is 2. The number of nitrogens with zero attached hydrogens (tertiary/aromatic N) is 3. The summed E-state index contributed by atoms with van der Waals surface area (Å²) in [7, 11) is 3.83. The summed E-state index contributed by atoms with van der Waals surface area (Å²) in [5.41, 5.74) is 5.94. The highest BCUT2D eigenvalue weighted by atomic mass is 32.1. The van der Waals surface area contributed by atoms with Crippen LogP contribution in [0.15, 0.2) is 0 Å². The largest absolute Gasteiger partial charge is 0.382 e. The number of nitrogens with two attached hydrogens (primary N) is 1. The second-order valence-electron chi connectivity index (χ2n) is 6.45. The summed E-state index contributed by atoms with van der Waals surface area (Å²) in [5, 5.41) is 0.795. The van der Waals surface area contributed by atoms with Gasteiger partial charge in [0.1, 0.15) is 10.7 Å². The van der Waals surface area contributed by atoms with Crippen molar-refractivity contribution in [3.63, 3.8) is 0 Å². The van der Waals surface area contributed by atoms with Gasteiger partial charge >= 0.3 is 0 Å². The highest BCUT2D eigenvalue weighted by Gasteiger charge is 2.34. The quantitative estimate of drug-likeness (QED) is 0.911. The fraction of sp³-hybridized carbons (Fsp3) is 0.733. The normalized spacial score (nSPS) is 25.5. The van der Waals surface area contributed by atoms with E-state index in [1.807, 2.05) is 23.9 Å². The molecule has 2 heterocycles. The number of piperidine rings is 1. The monoisotopic (exact) mass is 308 g/mol. The zero-order valence-corrected chi connectivity index (χ0v) is 13.7. The Balaban J connectivity index is 1.73. The zero-order valence-electron chi connectivity index (χ0n) is 12.8. The minimum absolute atomic E-state index is 0.0714. The van der Waals surface area contributed by atoms with Crippen molar-refractivity contribution < 1.29 is 4.79 Å². The van der Waals surface area contributed by atoms with Crippen LogP contribution in [-0.4, -0.2) is 43.0 Å². The SMILES string of the molecule is CN(C)c1nc(N)c(C(=O)N2CCC3CCCCC3C2)s1. The minimum Gasteiger partial charge on any atom is -0.382 e. The van der Waals surface area contributed by atoms with Gasteiger partial charge in [-0.1, -0.05) is 30.6 Å². The van der Waals surface area contributed by atoms with Crippen molar-refractivity contribution in [1.29, 1.82) is 0 Å². The van der Waals surface area contributed by atoms with Gasteiger partial charge in [0.25, 0.3) is 5.91 Å². The molecule has 3 rings (SSSR count). The molecule has 1 aromatic rings. The van der Waals surface area contributed by atoms with Crippen LogP contribution < -0.4 is 10.6 Å². The van der Waals surface area contributed by atoms with E-state index in [1.165, 1.54) is 37.0 Å². The van der Waals surface area contributed by atoms with E-state index in [-0.39, 0.29) is 5.91 Å². The van der Waals surface area contributed by atoms with Crippen LogP contribution in [-0.2, 0) is 0 Å². The number of aromatic nitrogens is 1. The third-order valence-corrected chi connectivity index (χ3v) is 6.02. The molecule has 2 aliphatic rings. The van der Waals surface area contributed by atoms with E-state index >= 15 is 0 Å². The maximum Gasteiger partial charge on any atom is 0.267 e. The number of likely N-dealkylation sites (tertiary alicyclic amines) is 1. The zero-order chi connectivity index (χ0) is 15.0. The Hall–Kier alpha value is -1.30. The van der Waals surface area contributed by atoms with E-state index in [2.05, 4.69) is 4.98 Å². The molecule has 2 atom stereocenters. The summed E-state index contributed by atoms with van der Waals surface area (Å²) in [6, 6.07) is 0. The molecular formula is C15H24N4OS. The molecular weight excluding hydrogens is 284 g/mol. The Morgan fingerprint density at radius 3 is 2.67 bits per heavy atom. The van der Waals surface area contributed by atoms with Crippen LogP contribution in [0.2, 0.25) is 0 Å². The second-order valence-corrected chi connectivity index (χ2v) is 7.43. The smallest absolute Gasteiger partial charge is 0.267 e. The number of amides is 1. The third-order valence-electron chi connectivity index (χ3n) is 4.80.